The monoisotopic (exact) mass is 407 g/mol. The number of hydrogen-bond acceptors (Lipinski definition) is 7. The summed E-state index contributed by atoms with van der Waals surface area (Å²) in [6.07, 6.45) is 0.413. The van der Waals surface area contributed by atoms with Crippen molar-refractivity contribution in [2.75, 3.05) is 26.1 Å². The molecule has 0 aliphatic rings. The molecular formula is C21H21N5O4. The third kappa shape index (κ3) is 3.45. The summed E-state index contributed by atoms with van der Waals surface area (Å²) in [5, 5.41) is 20.3. The molecule has 154 valence electrons. The Balaban J connectivity index is 1.64. The predicted octanol–water partition coefficient (Wildman–Crippen LogP) is 3.77. The summed E-state index contributed by atoms with van der Waals surface area (Å²) < 4.78 is 12.3. The second-order valence-electron chi connectivity index (χ2n) is 6.80. The fraction of sp³-hybridized carbons (Fsp3) is 0.238. The van der Waals surface area contributed by atoms with Crippen LogP contribution in [0.4, 0.5) is 11.5 Å². The van der Waals surface area contributed by atoms with Crippen LogP contribution in [-0.4, -0.2) is 40.3 Å². The van der Waals surface area contributed by atoms with Crippen LogP contribution >= 0.6 is 0 Å². The molecule has 2 aromatic heterocycles. The number of fused-ring (bicyclic) bond motifs is 3. The summed E-state index contributed by atoms with van der Waals surface area (Å²) >= 11 is 0. The third-order valence-electron chi connectivity index (χ3n) is 4.89. The van der Waals surface area contributed by atoms with Crippen molar-refractivity contribution < 1.29 is 14.4 Å². The van der Waals surface area contributed by atoms with Crippen molar-refractivity contribution in [2.45, 2.75) is 13.3 Å². The zero-order valence-corrected chi connectivity index (χ0v) is 16.9. The van der Waals surface area contributed by atoms with Crippen LogP contribution in [0, 0.1) is 17.0 Å². The first-order chi connectivity index (χ1) is 14.5. The molecule has 0 saturated heterocycles. The molecule has 4 aromatic rings. The maximum atomic E-state index is 11.5. The number of ether oxygens (including phenoxy) is 2. The first kappa shape index (κ1) is 19.4. The number of aromatic nitrogens is 3. The number of nitro groups is 1. The molecule has 9 nitrogen and oxygen atoms in total. The van der Waals surface area contributed by atoms with Gasteiger partial charge in [0, 0.05) is 23.6 Å². The molecule has 4 rings (SSSR count). The minimum atomic E-state index is -0.411. The molecule has 0 amide bonds. The summed E-state index contributed by atoms with van der Waals surface area (Å²) in [6.45, 7) is 2.38. The van der Waals surface area contributed by atoms with Gasteiger partial charge in [-0.25, -0.2) is 9.50 Å². The maximum absolute atomic E-state index is 11.5. The number of benzene rings is 2. The molecular weight excluding hydrogens is 386 g/mol. The van der Waals surface area contributed by atoms with E-state index in [1.165, 1.54) is 20.3 Å². The lowest BCUT2D eigenvalue weighted by atomic mass is 10.1. The van der Waals surface area contributed by atoms with E-state index in [1.807, 2.05) is 41.8 Å². The van der Waals surface area contributed by atoms with Crippen LogP contribution in [-0.2, 0) is 6.42 Å². The second kappa shape index (κ2) is 7.86. The molecule has 0 bridgehead atoms. The van der Waals surface area contributed by atoms with E-state index in [2.05, 4.69) is 15.4 Å². The summed E-state index contributed by atoms with van der Waals surface area (Å²) in [7, 11) is 2.96. The number of rotatable bonds is 7. The van der Waals surface area contributed by atoms with Crippen molar-refractivity contribution in [3.8, 4) is 11.5 Å². The van der Waals surface area contributed by atoms with Gasteiger partial charge in [-0.05, 0) is 31.5 Å². The van der Waals surface area contributed by atoms with Crippen LogP contribution in [0.1, 0.15) is 11.3 Å². The Hall–Kier alpha value is -3.88. The van der Waals surface area contributed by atoms with Crippen molar-refractivity contribution in [1.82, 2.24) is 14.6 Å². The van der Waals surface area contributed by atoms with Crippen molar-refractivity contribution in [3.63, 3.8) is 0 Å². The Morgan fingerprint density at radius 1 is 1.13 bits per heavy atom. The first-order valence-electron chi connectivity index (χ1n) is 9.40. The number of anilines is 1. The third-order valence-corrected chi connectivity index (χ3v) is 4.89. The number of para-hydroxylation sites is 1. The molecule has 0 atom stereocenters. The number of nitrogens with one attached hydrogen (secondary N) is 1. The first-order valence-corrected chi connectivity index (χ1v) is 9.40. The smallest absolute Gasteiger partial charge is 0.276 e. The van der Waals surface area contributed by atoms with Crippen LogP contribution in [0.5, 0.6) is 11.5 Å². The van der Waals surface area contributed by atoms with Gasteiger partial charge in [-0.1, -0.05) is 12.1 Å². The minimum absolute atomic E-state index is 0.00543. The van der Waals surface area contributed by atoms with Gasteiger partial charge in [-0.2, -0.15) is 5.10 Å². The number of hydrogen-bond donors (Lipinski definition) is 1. The van der Waals surface area contributed by atoms with Crippen LogP contribution < -0.4 is 14.8 Å². The molecule has 0 unspecified atom stereocenters. The average Bonchev–Trinajstić information content (AvgIpc) is 3.13. The van der Waals surface area contributed by atoms with Gasteiger partial charge < -0.3 is 14.8 Å². The quantitative estimate of drug-likeness (QED) is 0.367. The Morgan fingerprint density at radius 2 is 1.87 bits per heavy atom. The van der Waals surface area contributed by atoms with E-state index in [0.717, 1.165) is 22.2 Å². The van der Waals surface area contributed by atoms with E-state index in [1.54, 1.807) is 6.07 Å². The molecule has 2 heterocycles. The lowest BCUT2D eigenvalue weighted by molar-refractivity contribution is -0.385. The van der Waals surface area contributed by atoms with E-state index in [0.29, 0.717) is 35.8 Å². The zero-order valence-electron chi connectivity index (χ0n) is 16.9. The Kier molecular flexibility index (Phi) is 5.09. The molecule has 1 N–H and O–H groups in total. The summed E-state index contributed by atoms with van der Waals surface area (Å²) in [4.78, 5) is 15.8. The number of aryl methyl sites for hydroxylation is 1. The topological polar surface area (TPSA) is 104 Å². The van der Waals surface area contributed by atoms with Gasteiger partial charge in [0.2, 0.25) is 0 Å². The van der Waals surface area contributed by atoms with Crippen LogP contribution in [0.15, 0.2) is 42.5 Å². The van der Waals surface area contributed by atoms with Crippen LogP contribution in [0.2, 0.25) is 0 Å². The number of nitrogens with zero attached hydrogens (tertiary/aromatic N) is 4. The molecule has 0 saturated carbocycles. The molecule has 0 spiro atoms. The van der Waals surface area contributed by atoms with E-state index in [-0.39, 0.29) is 5.69 Å². The highest BCUT2D eigenvalue weighted by Crippen LogP contribution is 2.34. The highest BCUT2D eigenvalue weighted by atomic mass is 16.6. The van der Waals surface area contributed by atoms with Gasteiger partial charge >= 0.3 is 0 Å². The molecule has 0 aliphatic carbocycles. The van der Waals surface area contributed by atoms with Crippen LogP contribution in [0.3, 0.4) is 0 Å². The van der Waals surface area contributed by atoms with Gasteiger partial charge in [0.05, 0.1) is 36.4 Å². The van der Waals surface area contributed by atoms with Gasteiger partial charge in [0.15, 0.2) is 17.1 Å². The van der Waals surface area contributed by atoms with Crippen molar-refractivity contribution in [1.29, 1.82) is 0 Å². The maximum Gasteiger partial charge on any atom is 0.276 e. The Morgan fingerprint density at radius 3 is 2.60 bits per heavy atom. The number of nitro benzene ring substituents is 1. The lowest BCUT2D eigenvalue weighted by Crippen LogP contribution is -2.10. The standard InChI is InChI=1S/C21H21N5O4/c1-13-10-20-23-21(15-6-4-5-7-16(15)25(20)24-13)22-9-8-14-11-18(29-2)19(30-3)12-17(14)26(27)28/h4-7,10-12H,8-9H2,1-3H3,(H,22,23). The summed E-state index contributed by atoms with van der Waals surface area (Å²) in [6, 6.07) is 12.8. The van der Waals surface area contributed by atoms with E-state index in [4.69, 9.17) is 9.47 Å². The van der Waals surface area contributed by atoms with Crippen molar-refractivity contribution >= 4 is 28.1 Å². The normalized spacial score (nSPS) is 11.0. The fourth-order valence-corrected chi connectivity index (χ4v) is 3.51. The fourth-order valence-electron chi connectivity index (χ4n) is 3.51. The highest BCUT2D eigenvalue weighted by Gasteiger charge is 2.19. The molecule has 30 heavy (non-hydrogen) atoms. The van der Waals surface area contributed by atoms with Crippen molar-refractivity contribution in [2.24, 2.45) is 0 Å². The van der Waals surface area contributed by atoms with E-state index < -0.39 is 4.92 Å². The van der Waals surface area contributed by atoms with Gasteiger partial charge in [0.1, 0.15) is 5.82 Å². The van der Waals surface area contributed by atoms with Gasteiger partial charge in [-0.3, -0.25) is 10.1 Å². The minimum Gasteiger partial charge on any atom is -0.493 e. The van der Waals surface area contributed by atoms with Crippen molar-refractivity contribution in [3.05, 3.63) is 63.8 Å². The average molecular weight is 407 g/mol. The van der Waals surface area contributed by atoms with Gasteiger partial charge in [0.25, 0.3) is 5.69 Å². The Bertz CT molecular complexity index is 1250. The lowest BCUT2D eigenvalue weighted by Gasteiger charge is -2.12. The zero-order chi connectivity index (χ0) is 21.3. The predicted molar refractivity (Wildman–Crippen MR) is 114 cm³/mol. The molecule has 0 radical (unpaired) electrons. The van der Waals surface area contributed by atoms with Crippen LogP contribution in [0.25, 0.3) is 16.6 Å². The van der Waals surface area contributed by atoms with Gasteiger partial charge in [-0.15, -0.1) is 0 Å². The highest BCUT2D eigenvalue weighted by molar-refractivity contribution is 5.91. The molecule has 0 fully saturated rings. The SMILES string of the molecule is COc1cc(CCNc2nc3cc(C)nn3c3ccccc23)c([N+](=O)[O-])cc1OC. The van der Waals surface area contributed by atoms with E-state index >= 15 is 0 Å². The molecule has 9 heteroatoms. The molecule has 2 aromatic carbocycles. The molecule has 0 aliphatic heterocycles. The largest absolute Gasteiger partial charge is 0.493 e. The number of methoxy groups -OCH3 is 2. The second-order valence-corrected chi connectivity index (χ2v) is 6.80. The van der Waals surface area contributed by atoms with E-state index in [9.17, 15) is 10.1 Å². The summed E-state index contributed by atoms with van der Waals surface area (Å²) in [5.41, 5.74) is 3.11. The Labute approximate surface area is 172 Å². The summed E-state index contributed by atoms with van der Waals surface area (Å²) in [5.74, 6) is 1.49.